The van der Waals surface area contributed by atoms with Gasteiger partial charge in [0, 0.05) is 23.0 Å². The van der Waals surface area contributed by atoms with Crippen LogP contribution in [-0.4, -0.2) is 48.8 Å². The Morgan fingerprint density at radius 2 is 2.00 bits per heavy atom. The molecule has 2 heterocycles. The van der Waals surface area contributed by atoms with Crippen molar-refractivity contribution in [1.29, 1.82) is 0 Å². The molecule has 2 atom stereocenters. The molecule has 2 aromatic rings. The van der Waals surface area contributed by atoms with Crippen molar-refractivity contribution in [3.63, 3.8) is 0 Å². The Morgan fingerprint density at radius 3 is 2.79 bits per heavy atom. The number of nitrogens with one attached hydrogen (secondary N) is 2. The fourth-order valence-electron chi connectivity index (χ4n) is 3.57. The molecule has 2 aliphatic rings. The van der Waals surface area contributed by atoms with Crippen LogP contribution in [0.5, 0.6) is 0 Å². The lowest BCUT2D eigenvalue weighted by Gasteiger charge is -2.10. The van der Waals surface area contributed by atoms with Crippen LogP contribution in [0.25, 0.3) is 0 Å². The predicted molar refractivity (Wildman–Crippen MR) is 119 cm³/mol. The van der Waals surface area contributed by atoms with Gasteiger partial charge < -0.3 is 10.6 Å². The zero-order valence-electron chi connectivity index (χ0n) is 16.1. The van der Waals surface area contributed by atoms with Crippen molar-refractivity contribution in [2.45, 2.75) is 24.6 Å². The Morgan fingerprint density at radius 1 is 1.17 bits per heavy atom. The number of thioether (sulfide) groups is 1. The first kappa shape index (κ1) is 20.0. The number of amides is 1. The monoisotopic (exact) mass is 429 g/mol. The molecule has 1 amide bonds. The number of hydrogen-bond acceptors (Lipinski definition) is 6. The number of carbonyl (C=O) groups is 1. The molecule has 8 heteroatoms. The first-order valence-corrected chi connectivity index (χ1v) is 12.2. The van der Waals surface area contributed by atoms with E-state index in [1.54, 1.807) is 12.1 Å². The van der Waals surface area contributed by atoms with E-state index in [2.05, 4.69) is 40.7 Å². The third kappa shape index (κ3) is 5.00. The minimum Gasteiger partial charge on any atom is -0.352 e. The highest BCUT2D eigenvalue weighted by molar-refractivity contribution is 8.15. The fourth-order valence-corrected chi connectivity index (χ4v) is 7.24. The van der Waals surface area contributed by atoms with Gasteiger partial charge in [0.25, 0.3) is 5.91 Å². The number of benzene rings is 2. The second kappa shape index (κ2) is 8.20. The number of aryl methyl sites for hydroxylation is 1. The van der Waals surface area contributed by atoms with E-state index in [0.29, 0.717) is 17.3 Å². The van der Waals surface area contributed by atoms with Crippen LogP contribution in [-0.2, 0) is 16.3 Å². The number of rotatable bonds is 5. The van der Waals surface area contributed by atoms with Gasteiger partial charge in [-0.3, -0.25) is 9.79 Å². The Kier molecular flexibility index (Phi) is 5.65. The van der Waals surface area contributed by atoms with Crippen LogP contribution in [0, 0.1) is 6.92 Å². The van der Waals surface area contributed by atoms with Crippen LogP contribution in [0.3, 0.4) is 0 Å². The standard InChI is InChI=1S/C21H23N3O3S2/c1-14-4-2-5-15(10-14)8-9-22-20(25)16-6-3-7-17(11-16)23-21-24-18-12-29(26,27)13-19(18)28-21/h2-7,10-11,18-19H,8-9,12-13H2,1H3,(H,22,25)(H,23,24)/t18-,19+/m1/s1. The molecular formula is C21H23N3O3S2. The van der Waals surface area contributed by atoms with Crippen molar-refractivity contribution < 1.29 is 13.2 Å². The number of carbonyl (C=O) groups excluding carboxylic acids is 1. The highest BCUT2D eigenvalue weighted by Crippen LogP contribution is 2.34. The summed E-state index contributed by atoms with van der Waals surface area (Å²) in [5, 5.41) is 6.89. The van der Waals surface area contributed by atoms with Gasteiger partial charge in [0.1, 0.15) is 0 Å². The number of anilines is 1. The van der Waals surface area contributed by atoms with Gasteiger partial charge in [-0.15, -0.1) is 0 Å². The summed E-state index contributed by atoms with van der Waals surface area (Å²) in [6.07, 6.45) is 0.782. The molecule has 0 aliphatic carbocycles. The second-order valence-electron chi connectivity index (χ2n) is 7.44. The predicted octanol–water partition coefficient (Wildman–Crippen LogP) is 2.65. The van der Waals surface area contributed by atoms with E-state index < -0.39 is 9.84 Å². The second-order valence-corrected chi connectivity index (χ2v) is 10.8. The normalized spacial score (nSPS) is 22.0. The molecule has 0 saturated carbocycles. The molecular weight excluding hydrogens is 406 g/mol. The summed E-state index contributed by atoms with van der Waals surface area (Å²) >= 11 is 1.46. The van der Waals surface area contributed by atoms with E-state index in [-0.39, 0.29) is 28.7 Å². The van der Waals surface area contributed by atoms with Crippen molar-refractivity contribution in [2.24, 2.45) is 4.99 Å². The fraction of sp³-hybridized carbons (Fsp3) is 0.333. The maximum absolute atomic E-state index is 12.5. The minimum atomic E-state index is -2.96. The summed E-state index contributed by atoms with van der Waals surface area (Å²) in [7, 11) is -2.96. The Bertz CT molecular complexity index is 1070. The van der Waals surface area contributed by atoms with Gasteiger partial charge in [0.15, 0.2) is 15.0 Å². The SMILES string of the molecule is Cc1cccc(CCNC(=O)c2cccc(NC3=N[C@@H]4CS(=O)(=O)C[C@@H]4S3)c2)c1. The van der Waals surface area contributed by atoms with Gasteiger partial charge in [-0.1, -0.05) is 47.7 Å². The van der Waals surface area contributed by atoms with Gasteiger partial charge in [-0.25, -0.2) is 8.42 Å². The highest BCUT2D eigenvalue weighted by Gasteiger charge is 2.42. The molecule has 0 bridgehead atoms. The summed E-state index contributed by atoms with van der Waals surface area (Å²) in [4.78, 5) is 17.0. The third-order valence-electron chi connectivity index (χ3n) is 4.98. The molecule has 2 N–H and O–H groups in total. The molecule has 0 spiro atoms. The zero-order chi connectivity index (χ0) is 20.4. The molecule has 1 fully saturated rings. The first-order valence-electron chi connectivity index (χ1n) is 9.54. The molecule has 0 radical (unpaired) electrons. The lowest BCUT2D eigenvalue weighted by molar-refractivity contribution is 0.0954. The van der Waals surface area contributed by atoms with Crippen LogP contribution in [0.1, 0.15) is 21.5 Å². The number of sulfone groups is 1. The van der Waals surface area contributed by atoms with Crippen LogP contribution in [0.15, 0.2) is 53.5 Å². The van der Waals surface area contributed by atoms with Crippen LogP contribution >= 0.6 is 11.8 Å². The van der Waals surface area contributed by atoms with Crippen molar-refractivity contribution in [2.75, 3.05) is 23.4 Å². The smallest absolute Gasteiger partial charge is 0.251 e. The lowest BCUT2D eigenvalue weighted by atomic mass is 10.1. The van der Waals surface area contributed by atoms with Gasteiger partial charge in [-0.05, 0) is 37.1 Å². The number of fused-ring (bicyclic) bond motifs is 1. The highest BCUT2D eigenvalue weighted by atomic mass is 32.2. The molecule has 152 valence electrons. The maximum atomic E-state index is 12.5. The van der Waals surface area contributed by atoms with Gasteiger partial charge >= 0.3 is 0 Å². The number of hydrogen-bond donors (Lipinski definition) is 2. The summed E-state index contributed by atoms with van der Waals surface area (Å²) in [6, 6.07) is 15.4. The minimum absolute atomic E-state index is 0.00407. The van der Waals surface area contributed by atoms with E-state index in [4.69, 9.17) is 0 Å². The third-order valence-corrected chi connectivity index (χ3v) is 8.12. The Labute approximate surface area is 175 Å². The van der Waals surface area contributed by atoms with Crippen LogP contribution in [0.4, 0.5) is 5.69 Å². The quantitative estimate of drug-likeness (QED) is 0.763. The number of amidine groups is 1. The number of nitrogens with zero attached hydrogens (tertiary/aromatic N) is 1. The Balaban J connectivity index is 1.33. The van der Waals surface area contributed by atoms with E-state index in [1.165, 1.54) is 22.9 Å². The van der Waals surface area contributed by atoms with Crippen molar-refractivity contribution in [3.8, 4) is 0 Å². The molecule has 1 saturated heterocycles. The van der Waals surface area contributed by atoms with Crippen LogP contribution < -0.4 is 10.6 Å². The van der Waals surface area contributed by atoms with Crippen LogP contribution in [0.2, 0.25) is 0 Å². The van der Waals surface area contributed by atoms with E-state index in [9.17, 15) is 13.2 Å². The largest absolute Gasteiger partial charge is 0.352 e. The summed E-state index contributed by atoms with van der Waals surface area (Å²) in [6.45, 7) is 2.62. The van der Waals surface area contributed by atoms with E-state index >= 15 is 0 Å². The Hall–Kier alpha value is -2.32. The molecule has 2 aromatic carbocycles. The molecule has 0 aromatic heterocycles. The maximum Gasteiger partial charge on any atom is 0.251 e. The molecule has 4 rings (SSSR count). The van der Waals surface area contributed by atoms with Gasteiger partial charge in [0.05, 0.1) is 17.5 Å². The first-order chi connectivity index (χ1) is 13.9. The van der Waals surface area contributed by atoms with Gasteiger partial charge in [0.2, 0.25) is 0 Å². The lowest BCUT2D eigenvalue weighted by Crippen LogP contribution is -2.25. The summed E-state index contributed by atoms with van der Waals surface area (Å²) in [5.41, 5.74) is 3.75. The summed E-state index contributed by atoms with van der Waals surface area (Å²) < 4.78 is 23.3. The zero-order valence-corrected chi connectivity index (χ0v) is 17.7. The summed E-state index contributed by atoms with van der Waals surface area (Å²) in [5.74, 6) is 0.185. The molecule has 2 aliphatic heterocycles. The van der Waals surface area contributed by atoms with Gasteiger partial charge in [-0.2, -0.15) is 0 Å². The molecule has 29 heavy (non-hydrogen) atoms. The van der Waals surface area contributed by atoms with E-state index in [0.717, 1.165) is 12.1 Å². The average Bonchev–Trinajstić information content (AvgIpc) is 3.14. The van der Waals surface area contributed by atoms with E-state index in [1.807, 2.05) is 18.2 Å². The van der Waals surface area contributed by atoms with Crippen molar-refractivity contribution in [1.82, 2.24) is 5.32 Å². The molecule has 6 nitrogen and oxygen atoms in total. The average molecular weight is 430 g/mol. The van der Waals surface area contributed by atoms with Crippen molar-refractivity contribution >= 4 is 38.4 Å². The van der Waals surface area contributed by atoms with Crippen molar-refractivity contribution in [3.05, 3.63) is 65.2 Å². The number of aliphatic imine (C=N–C) groups is 1. The molecule has 0 unspecified atom stereocenters. The topological polar surface area (TPSA) is 87.6 Å².